The lowest BCUT2D eigenvalue weighted by molar-refractivity contribution is -0.139. The molecule has 1 aliphatic heterocycles. The molecule has 0 aromatic rings. The molecule has 0 atom stereocenters. The van der Waals surface area contributed by atoms with Crippen molar-refractivity contribution in [3.8, 4) is 6.07 Å². The monoisotopic (exact) mass is 293 g/mol. The quantitative estimate of drug-likeness (QED) is 0.800. The van der Waals surface area contributed by atoms with E-state index in [9.17, 15) is 4.79 Å². The average molecular weight is 293 g/mol. The van der Waals surface area contributed by atoms with Crippen molar-refractivity contribution in [3.05, 3.63) is 0 Å². The predicted octanol–water partition coefficient (Wildman–Crippen LogP) is 2.90. The van der Waals surface area contributed by atoms with Crippen LogP contribution in [0.2, 0.25) is 0 Å². The van der Waals surface area contributed by atoms with E-state index in [-0.39, 0.29) is 16.7 Å². The highest BCUT2D eigenvalue weighted by atomic mass is 16.2. The molecule has 1 amide bonds. The second-order valence-electron chi connectivity index (χ2n) is 7.84. The second-order valence-corrected chi connectivity index (χ2v) is 7.84. The summed E-state index contributed by atoms with van der Waals surface area (Å²) in [6.07, 6.45) is 3.03. The van der Waals surface area contributed by atoms with Gasteiger partial charge in [-0.3, -0.25) is 4.79 Å². The van der Waals surface area contributed by atoms with E-state index in [4.69, 9.17) is 5.26 Å². The first kappa shape index (κ1) is 18.0. The molecule has 0 spiro atoms. The Morgan fingerprint density at radius 1 is 1.10 bits per heavy atom. The second kappa shape index (κ2) is 7.26. The van der Waals surface area contributed by atoms with E-state index < -0.39 is 0 Å². The molecule has 1 saturated heterocycles. The van der Waals surface area contributed by atoms with Gasteiger partial charge in [0.1, 0.15) is 0 Å². The Bertz CT molecular complexity index is 390. The highest BCUT2D eigenvalue weighted by molar-refractivity contribution is 5.81. The van der Waals surface area contributed by atoms with Gasteiger partial charge in [-0.05, 0) is 46.2 Å². The molecule has 0 bridgehead atoms. The van der Waals surface area contributed by atoms with Crippen molar-refractivity contribution in [2.24, 2.45) is 10.8 Å². The largest absolute Gasteiger partial charge is 0.341 e. The van der Waals surface area contributed by atoms with E-state index in [1.165, 1.54) is 0 Å². The summed E-state index contributed by atoms with van der Waals surface area (Å²) in [5, 5.41) is 9.04. The Kier molecular flexibility index (Phi) is 6.22. The summed E-state index contributed by atoms with van der Waals surface area (Å²) in [6.45, 7) is 14.7. The van der Waals surface area contributed by atoms with Crippen molar-refractivity contribution in [1.82, 2.24) is 9.80 Å². The molecule has 0 aromatic heterocycles. The molecule has 1 heterocycles. The first-order chi connectivity index (χ1) is 9.65. The highest BCUT2D eigenvalue weighted by Gasteiger charge is 2.28. The van der Waals surface area contributed by atoms with Crippen LogP contribution in [-0.4, -0.2) is 48.4 Å². The fraction of sp³-hybridized carbons (Fsp3) is 0.882. The lowest BCUT2D eigenvalue weighted by atomic mass is 9.90. The summed E-state index contributed by atoms with van der Waals surface area (Å²) < 4.78 is 0. The predicted molar refractivity (Wildman–Crippen MR) is 85.7 cm³/mol. The van der Waals surface area contributed by atoms with Crippen LogP contribution in [0.4, 0.5) is 0 Å². The molecule has 1 fully saturated rings. The number of carbonyl (C=O) groups is 1. The number of nitrogens with zero attached hydrogens (tertiary/aromatic N) is 3. The van der Waals surface area contributed by atoms with Gasteiger partial charge in [-0.2, -0.15) is 5.26 Å². The average Bonchev–Trinajstić information content (AvgIpc) is 2.62. The van der Waals surface area contributed by atoms with E-state index in [0.29, 0.717) is 0 Å². The number of hydrogen-bond donors (Lipinski definition) is 0. The fourth-order valence-electron chi connectivity index (χ4n) is 2.67. The van der Waals surface area contributed by atoms with Gasteiger partial charge in [-0.25, -0.2) is 0 Å². The van der Waals surface area contributed by atoms with Gasteiger partial charge in [0, 0.05) is 25.0 Å². The van der Waals surface area contributed by atoms with Crippen LogP contribution >= 0.6 is 0 Å². The molecule has 1 rings (SSSR count). The third kappa shape index (κ3) is 6.05. The summed E-state index contributed by atoms with van der Waals surface area (Å²) in [4.78, 5) is 16.8. The van der Waals surface area contributed by atoms with Gasteiger partial charge in [-0.1, -0.05) is 20.8 Å². The van der Waals surface area contributed by atoms with Crippen molar-refractivity contribution in [3.63, 3.8) is 0 Å². The molecule has 0 radical (unpaired) electrons. The third-order valence-electron chi connectivity index (χ3n) is 4.10. The lowest BCUT2D eigenvalue weighted by Crippen LogP contribution is -2.41. The number of hydrogen-bond acceptors (Lipinski definition) is 3. The maximum absolute atomic E-state index is 12.3. The summed E-state index contributed by atoms with van der Waals surface area (Å²) in [5.41, 5.74) is -0.508. The summed E-state index contributed by atoms with van der Waals surface area (Å²) in [7, 11) is 0. The van der Waals surface area contributed by atoms with Crippen molar-refractivity contribution in [1.29, 1.82) is 5.26 Å². The van der Waals surface area contributed by atoms with Gasteiger partial charge >= 0.3 is 0 Å². The first-order valence-corrected chi connectivity index (χ1v) is 8.09. The maximum Gasteiger partial charge on any atom is 0.227 e. The van der Waals surface area contributed by atoms with Gasteiger partial charge in [0.15, 0.2) is 0 Å². The molecule has 0 N–H and O–H groups in total. The zero-order valence-corrected chi connectivity index (χ0v) is 14.4. The van der Waals surface area contributed by atoms with Gasteiger partial charge in [-0.15, -0.1) is 0 Å². The molecule has 21 heavy (non-hydrogen) atoms. The van der Waals surface area contributed by atoms with Crippen molar-refractivity contribution < 1.29 is 4.79 Å². The third-order valence-corrected chi connectivity index (χ3v) is 4.10. The topological polar surface area (TPSA) is 47.3 Å². The molecule has 0 saturated carbocycles. The van der Waals surface area contributed by atoms with Crippen LogP contribution in [0.3, 0.4) is 0 Å². The number of rotatable bonds is 4. The zero-order valence-electron chi connectivity index (χ0n) is 14.4. The Morgan fingerprint density at radius 3 is 2.33 bits per heavy atom. The summed E-state index contributed by atoms with van der Waals surface area (Å²) in [6, 6.07) is 2.36. The fourth-order valence-corrected chi connectivity index (χ4v) is 2.67. The summed E-state index contributed by atoms with van der Waals surface area (Å²) >= 11 is 0. The van der Waals surface area contributed by atoms with Gasteiger partial charge < -0.3 is 9.80 Å². The normalized spacial score (nSPS) is 18.2. The Morgan fingerprint density at radius 2 is 1.76 bits per heavy atom. The lowest BCUT2D eigenvalue weighted by Gasteiger charge is -2.28. The molecular formula is C17H31N3O. The van der Waals surface area contributed by atoms with Crippen LogP contribution in [0.25, 0.3) is 0 Å². The van der Waals surface area contributed by atoms with Crippen LogP contribution in [0.5, 0.6) is 0 Å². The Balaban J connectivity index is 2.40. The number of amides is 1. The van der Waals surface area contributed by atoms with Crippen LogP contribution in [0.1, 0.15) is 53.9 Å². The molecule has 1 aliphatic rings. The smallest absolute Gasteiger partial charge is 0.227 e. The van der Waals surface area contributed by atoms with Crippen LogP contribution < -0.4 is 0 Å². The van der Waals surface area contributed by atoms with Crippen LogP contribution in [0, 0.1) is 22.2 Å². The Hall–Kier alpha value is -1.08. The number of carbonyl (C=O) groups excluding carboxylic acids is 1. The standard InChI is InChI=1S/C17H31N3O/c1-16(2,3)15(21)20-11-7-10-19(12-13-20)9-6-8-17(4,5)14-18/h6-13H2,1-5H3. The SMILES string of the molecule is CC(C)(C#N)CCCN1CCCN(C(=O)C(C)(C)C)CC1. The van der Waals surface area contributed by atoms with Crippen LogP contribution in [-0.2, 0) is 4.79 Å². The van der Waals surface area contributed by atoms with Gasteiger partial charge in [0.2, 0.25) is 5.91 Å². The molecule has 0 aliphatic carbocycles. The van der Waals surface area contributed by atoms with Crippen molar-refractivity contribution >= 4 is 5.91 Å². The minimum absolute atomic E-state index is 0.222. The first-order valence-electron chi connectivity index (χ1n) is 8.09. The van der Waals surface area contributed by atoms with Gasteiger partial charge in [0.05, 0.1) is 11.5 Å². The van der Waals surface area contributed by atoms with Gasteiger partial charge in [0.25, 0.3) is 0 Å². The Labute approximate surface area is 130 Å². The molecule has 120 valence electrons. The zero-order chi connectivity index (χ0) is 16.1. The summed E-state index contributed by atoms with van der Waals surface area (Å²) in [5.74, 6) is 0.259. The molecule has 0 unspecified atom stereocenters. The van der Waals surface area contributed by atoms with E-state index in [0.717, 1.165) is 52.0 Å². The minimum Gasteiger partial charge on any atom is -0.341 e. The molecular weight excluding hydrogens is 262 g/mol. The maximum atomic E-state index is 12.3. The number of nitriles is 1. The van der Waals surface area contributed by atoms with Crippen molar-refractivity contribution in [2.45, 2.75) is 53.9 Å². The molecule has 4 nitrogen and oxygen atoms in total. The minimum atomic E-state index is -0.286. The van der Waals surface area contributed by atoms with E-state index >= 15 is 0 Å². The molecule has 0 aromatic carbocycles. The van der Waals surface area contributed by atoms with Crippen molar-refractivity contribution in [2.75, 3.05) is 32.7 Å². The highest BCUT2D eigenvalue weighted by Crippen LogP contribution is 2.22. The van der Waals surface area contributed by atoms with E-state index in [2.05, 4.69) is 11.0 Å². The molecule has 4 heteroatoms. The van der Waals surface area contributed by atoms with Crippen LogP contribution in [0.15, 0.2) is 0 Å². The van der Waals surface area contributed by atoms with E-state index in [1.807, 2.05) is 39.5 Å². The van der Waals surface area contributed by atoms with E-state index in [1.54, 1.807) is 0 Å².